The molecule has 0 saturated carbocycles. The van der Waals surface area contributed by atoms with Crippen LogP contribution in [0.5, 0.6) is 11.5 Å². The Morgan fingerprint density at radius 2 is 1.63 bits per heavy atom. The van der Waals surface area contributed by atoms with Crippen LogP contribution in [0.3, 0.4) is 0 Å². The minimum atomic E-state index is 0.0197. The van der Waals surface area contributed by atoms with Gasteiger partial charge in [0.1, 0.15) is 11.5 Å². The van der Waals surface area contributed by atoms with Gasteiger partial charge in [0.2, 0.25) is 0 Å². The molecule has 0 aliphatic heterocycles. The van der Waals surface area contributed by atoms with Crippen LogP contribution in [0.2, 0.25) is 0 Å². The van der Waals surface area contributed by atoms with E-state index in [1.165, 1.54) is 0 Å². The summed E-state index contributed by atoms with van der Waals surface area (Å²) in [7, 11) is 3.29. The molecule has 0 aliphatic carbocycles. The van der Waals surface area contributed by atoms with Crippen LogP contribution in [0, 0.1) is 0 Å². The number of anilines is 1. The zero-order chi connectivity index (χ0) is 14.4. The predicted molar refractivity (Wildman–Crippen MR) is 82.4 cm³/mol. The molecule has 0 bridgehead atoms. The van der Waals surface area contributed by atoms with Gasteiger partial charge >= 0.3 is 0 Å². The van der Waals surface area contributed by atoms with Crippen LogP contribution in [0.4, 0.5) is 5.69 Å². The van der Waals surface area contributed by atoms with Crippen LogP contribution in [0.15, 0.2) is 18.2 Å². The van der Waals surface area contributed by atoms with E-state index in [0.717, 1.165) is 17.2 Å². The Morgan fingerprint density at radius 3 is 2.05 bits per heavy atom. The number of ether oxygens (including phenoxy) is 2. The second kappa shape index (κ2) is 7.71. The van der Waals surface area contributed by atoms with E-state index in [1.807, 2.05) is 32.0 Å². The van der Waals surface area contributed by atoms with E-state index in [9.17, 15) is 0 Å². The molecular weight excluding hydrogens is 285 g/mol. The molecule has 0 fully saturated rings. The predicted octanol–water partition coefficient (Wildman–Crippen LogP) is 3.76. The van der Waals surface area contributed by atoms with Crippen molar-refractivity contribution in [2.75, 3.05) is 32.2 Å². The maximum Gasteiger partial charge on any atom is 0.142 e. The highest BCUT2D eigenvalue weighted by Crippen LogP contribution is 2.33. The smallest absolute Gasteiger partial charge is 0.142 e. The van der Waals surface area contributed by atoms with Gasteiger partial charge in [0.15, 0.2) is 0 Å². The molecule has 1 rings (SSSR count). The lowest BCUT2D eigenvalue weighted by molar-refractivity contribution is 0.402. The summed E-state index contributed by atoms with van der Waals surface area (Å²) in [4.78, 5) is 2.12. The maximum absolute atomic E-state index is 6.12. The molecule has 0 N–H and O–H groups in total. The summed E-state index contributed by atoms with van der Waals surface area (Å²) in [6, 6.07) is 5.70. The number of hydrogen-bond donors (Lipinski definition) is 0. The number of halogens is 2. The number of rotatable bonds is 7. The van der Waals surface area contributed by atoms with Gasteiger partial charge in [0, 0.05) is 29.9 Å². The Hall–Kier alpha value is -0.800. The van der Waals surface area contributed by atoms with Crippen molar-refractivity contribution in [3.8, 4) is 11.5 Å². The average Bonchev–Trinajstić information content (AvgIpc) is 2.36. The minimum Gasteiger partial charge on any atom is -0.497 e. The molecule has 5 heteroatoms. The van der Waals surface area contributed by atoms with Gasteiger partial charge in [-0.3, -0.25) is 0 Å². The van der Waals surface area contributed by atoms with Crippen molar-refractivity contribution in [2.24, 2.45) is 0 Å². The number of methoxy groups -OCH3 is 2. The fourth-order valence-corrected chi connectivity index (χ4v) is 2.26. The highest BCUT2D eigenvalue weighted by Gasteiger charge is 2.17. The molecule has 0 radical (unpaired) electrons. The molecule has 0 saturated heterocycles. The highest BCUT2D eigenvalue weighted by atomic mass is 35.5. The molecule has 1 aromatic rings. The SMILES string of the molecule is COc1ccc(OC)c(N(C[C@H](C)Cl)C[C@H](C)Cl)c1. The Bertz CT molecular complexity index is 387. The molecule has 0 aliphatic rings. The lowest BCUT2D eigenvalue weighted by Crippen LogP contribution is -2.33. The van der Waals surface area contributed by atoms with E-state index < -0.39 is 0 Å². The normalized spacial score (nSPS) is 13.8. The molecule has 19 heavy (non-hydrogen) atoms. The lowest BCUT2D eigenvalue weighted by atomic mass is 10.2. The van der Waals surface area contributed by atoms with Crippen molar-refractivity contribution < 1.29 is 9.47 Å². The number of hydrogen-bond acceptors (Lipinski definition) is 3. The monoisotopic (exact) mass is 305 g/mol. The van der Waals surface area contributed by atoms with Crippen LogP contribution in [-0.4, -0.2) is 38.1 Å². The Labute approximate surface area is 125 Å². The van der Waals surface area contributed by atoms with E-state index in [-0.39, 0.29) is 10.8 Å². The fourth-order valence-electron chi connectivity index (χ4n) is 1.92. The molecule has 0 amide bonds. The molecular formula is C14H21Cl2NO2. The van der Waals surface area contributed by atoms with Gasteiger partial charge < -0.3 is 14.4 Å². The molecule has 0 unspecified atom stereocenters. The van der Waals surface area contributed by atoms with E-state index in [1.54, 1.807) is 14.2 Å². The molecule has 3 nitrogen and oxygen atoms in total. The van der Waals surface area contributed by atoms with E-state index >= 15 is 0 Å². The second-order valence-corrected chi connectivity index (χ2v) is 5.99. The van der Waals surface area contributed by atoms with Crippen molar-refractivity contribution in [3.05, 3.63) is 18.2 Å². The van der Waals surface area contributed by atoms with Crippen LogP contribution >= 0.6 is 23.2 Å². The van der Waals surface area contributed by atoms with Crippen LogP contribution in [0.25, 0.3) is 0 Å². The first kappa shape index (κ1) is 16.3. The third-order valence-electron chi connectivity index (χ3n) is 2.67. The molecule has 108 valence electrons. The summed E-state index contributed by atoms with van der Waals surface area (Å²) >= 11 is 12.2. The summed E-state index contributed by atoms with van der Waals surface area (Å²) < 4.78 is 10.7. The topological polar surface area (TPSA) is 21.7 Å². The van der Waals surface area contributed by atoms with E-state index in [0.29, 0.717) is 13.1 Å². The number of alkyl halides is 2. The zero-order valence-electron chi connectivity index (χ0n) is 11.8. The van der Waals surface area contributed by atoms with Gasteiger partial charge in [0.25, 0.3) is 0 Å². The van der Waals surface area contributed by atoms with Crippen LogP contribution < -0.4 is 14.4 Å². The highest BCUT2D eigenvalue weighted by molar-refractivity contribution is 6.21. The van der Waals surface area contributed by atoms with E-state index in [2.05, 4.69) is 4.90 Å². The Morgan fingerprint density at radius 1 is 1.05 bits per heavy atom. The summed E-state index contributed by atoms with van der Waals surface area (Å²) in [6.45, 7) is 5.31. The van der Waals surface area contributed by atoms with Gasteiger partial charge in [-0.1, -0.05) is 0 Å². The summed E-state index contributed by atoms with van der Waals surface area (Å²) in [5, 5.41) is 0.0395. The maximum atomic E-state index is 6.12. The van der Waals surface area contributed by atoms with Crippen molar-refractivity contribution in [2.45, 2.75) is 24.6 Å². The number of nitrogens with zero attached hydrogens (tertiary/aromatic N) is 1. The number of benzene rings is 1. The Balaban J connectivity index is 3.10. The summed E-state index contributed by atoms with van der Waals surface area (Å²) in [6.07, 6.45) is 0. The lowest BCUT2D eigenvalue weighted by Gasteiger charge is -2.28. The van der Waals surface area contributed by atoms with Gasteiger partial charge in [-0.25, -0.2) is 0 Å². The molecule has 1 aromatic carbocycles. The van der Waals surface area contributed by atoms with Crippen molar-refractivity contribution in [3.63, 3.8) is 0 Å². The molecule has 0 spiro atoms. The van der Waals surface area contributed by atoms with Gasteiger partial charge in [-0.05, 0) is 26.0 Å². The van der Waals surface area contributed by atoms with Gasteiger partial charge in [-0.2, -0.15) is 0 Å². The van der Waals surface area contributed by atoms with Crippen LogP contribution in [-0.2, 0) is 0 Å². The average molecular weight is 306 g/mol. The first-order valence-electron chi connectivity index (χ1n) is 6.23. The summed E-state index contributed by atoms with van der Waals surface area (Å²) in [5.74, 6) is 1.57. The van der Waals surface area contributed by atoms with Gasteiger partial charge in [0.05, 0.1) is 19.9 Å². The van der Waals surface area contributed by atoms with E-state index in [4.69, 9.17) is 32.7 Å². The zero-order valence-corrected chi connectivity index (χ0v) is 13.3. The minimum absolute atomic E-state index is 0.0197. The third kappa shape index (κ3) is 5.00. The molecule has 0 aromatic heterocycles. The standard InChI is InChI=1S/C14H21Cl2NO2/c1-10(15)8-17(9-11(2)16)13-7-12(18-3)5-6-14(13)19-4/h5-7,10-11H,8-9H2,1-4H3/t10-,11-/m0/s1. The second-order valence-electron chi connectivity index (χ2n) is 4.50. The largest absolute Gasteiger partial charge is 0.497 e. The van der Waals surface area contributed by atoms with Crippen molar-refractivity contribution >= 4 is 28.9 Å². The summed E-state index contributed by atoms with van der Waals surface area (Å²) in [5.41, 5.74) is 0.946. The third-order valence-corrected chi connectivity index (χ3v) is 2.95. The van der Waals surface area contributed by atoms with Crippen LogP contribution in [0.1, 0.15) is 13.8 Å². The van der Waals surface area contributed by atoms with Gasteiger partial charge in [-0.15, -0.1) is 23.2 Å². The quantitative estimate of drug-likeness (QED) is 0.716. The molecule has 2 atom stereocenters. The fraction of sp³-hybridized carbons (Fsp3) is 0.571. The molecule has 0 heterocycles. The van der Waals surface area contributed by atoms with Crippen molar-refractivity contribution in [1.82, 2.24) is 0 Å². The first-order valence-corrected chi connectivity index (χ1v) is 7.10. The van der Waals surface area contributed by atoms with Crippen molar-refractivity contribution in [1.29, 1.82) is 0 Å². The Kier molecular flexibility index (Phi) is 6.59. The first-order chi connectivity index (χ1) is 8.97.